The summed E-state index contributed by atoms with van der Waals surface area (Å²) in [6.45, 7) is 0. The van der Waals surface area contributed by atoms with Gasteiger partial charge in [-0.25, -0.2) is 0 Å². The summed E-state index contributed by atoms with van der Waals surface area (Å²) in [5.41, 5.74) is 0. The van der Waals surface area contributed by atoms with Crippen molar-refractivity contribution < 1.29 is 0 Å². The second-order valence-electron chi connectivity index (χ2n) is 5.01. The van der Waals surface area contributed by atoms with Gasteiger partial charge in [0.25, 0.3) is 0 Å². The van der Waals surface area contributed by atoms with Crippen LogP contribution in [0.5, 0.6) is 0 Å². The largest absolute Gasteiger partial charge is 0.179 e. The van der Waals surface area contributed by atoms with Crippen LogP contribution in [0, 0.1) is 0 Å². The van der Waals surface area contributed by atoms with Gasteiger partial charge in [0.1, 0.15) is 0 Å². The van der Waals surface area contributed by atoms with E-state index in [1.54, 1.807) is 0 Å². The quantitative estimate of drug-likeness (QED) is 0.155. The standard InChI is InChI=1S/C15H31IS/c16-14-12-10-8-6-4-2-1-3-5-7-9-11-13-15-17/h17H,1-15H2. The second-order valence-corrected chi connectivity index (χ2v) is 6.53. The predicted octanol–water partition coefficient (Wildman–Crippen LogP) is 6.42. The average Bonchev–Trinajstić information content (AvgIpc) is 2.35. The van der Waals surface area contributed by atoms with Crippen molar-refractivity contribution in [3.63, 3.8) is 0 Å². The van der Waals surface area contributed by atoms with Crippen molar-refractivity contribution in [3.8, 4) is 0 Å². The fraction of sp³-hybridized carbons (Fsp3) is 1.00. The normalized spacial score (nSPS) is 10.9. The maximum absolute atomic E-state index is 4.23. The third kappa shape index (κ3) is 17.1. The Hall–Kier alpha value is 1.08. The zero-order valence-electron chi connectivity index (χ0n) is 11.4. The van der Waals surface area contributed by atoms with Gasteiger partial charge in [0, 0.05) is 0 Å². The molecule has 0 radical (unpaired) electrons. The molecule has 0 rings (SSSR count). The lowest BCUT2D eigenvalue weighted by molar-refractivity contribution is 0.544. The van der Waals surface area contributed by atoms with Crippen LogP contribution in [-0.4, -0.2) is 10.2 Å². The van der Waals surface area contributed by atoms with E-state index >= 15 is 0 Å². The first-order valence-electron chi connectivity index (χ1n) is 7.58. The van der Waals surface area contributed by atoms with E-state index in [-0.39, 0.29) is 0 Å². The minimum atomic E-state index is 1.07. The number of hydrogen-bond donors (Lipinski definition) is 1. The topological polar surface area (TPSA) is 0 Å². The molecule has 0 aromatic rings. The maximum atomic E-state index is 4.23. The summed E-state index contributed by atoms with van der Waals surface area (Å²) in [6, 6.07) is 0. The van der Waals surface area contributed by atoms with E-state index in [9.17, 15) is 0 Å². The number of alkyl halides is 1. The van der Waals surface area contributed by atoms with E-state index in [1.165, 1.54) is 87.9 Å². The van der Waals surface area contributed by atoms with Crippen LogP contribution in [0.3, 0.4) is 0 Å². The molecule has 0 bridgehead atoms. The molecule has 0 aromatic carbocycles. The van der Waals surface area contributed by atoms with Crippen LogP contribution < -0.4 is 0 Å². The Kier molecular flexibility index (Phi) is 18.2. The van der Waals surface area contributed by atoms with E-state index in [2.05, 4.69) is 35.2 Å². The van der Waals surface area contributed by atoms with Gasteiger partial charge in [0.2, 0.25) is 0 Å². The third-order valence-corrected chi connectivity index (χ3v) is 4.37. The second kappa shape index (κ2) is 17.1. The van der Waals surface area contributed by atoms with Crippen LogP contribution in [0.4, 0.5) is 0 Å². The number of unbranched alkanes of at least 4 members (excludes halogenated alkanes) is 12. The van der Waals surface area contributed by atoms with Gasteiger partial charge in [0.15, 0.2) is 0 Å². The predicted molar refractivity (Wildman–Crippen MR) is 92.8 cm³/mol. The number of rotatable bonds is 14. The molecular formula is C15H31IS. The molecule has 0 aromatic heterocycles. The van der Waals surface area contributed by atoms with E-state index in [0.29, 0.717) is 0 Å². The number of halogens is 1. The maximum Gasteiger partial charge on any atom is -0.000473 e. The lowest BCUT2D eigenvalue weighted by Crippen LogP contribution is -1.83. The van der Waals surface area contributed by atoms with Crippen molar-refractivity contribution in [3.05, 3.63) is 0 Å². The van der Waals surface area contributed by atoms with Gasteiger partial charge in [-0.2, -0.15) is 12.6 Å². The molecule has 0 amide bonds. The molecule has 0 fully saturated rings. The third-order valence-electron chi connectivity index (χ3n) is 3.29. The van der Waals surface area contributed by atoms with Gasteiger partial charge < -0.3 is 0 Å². The summed E-state index contributed by atoms with van der Waals surface area (Å²) in [5, 5.41) is 0. The van der Waals surface area contributed by atoms with Crippen molar-refractivity contribution in [2.75, 3.05) is 10.2 Å². The molecule has 0 nitrogen and oxygen atoms in total. The van der Waals surface area contributed by atoms with Crippen LogP contribution in [0.2, 0.25) is 0 Å². The molecular weight excluding hydrogens is 339 g/mol. The molecule has 104 valence electrons. The van der Waals surface area contributed by atoms with Crippen molar-refractivity contribution in [2.24, 2.45) is 0 Å². The smallest absolute Gasteiger partial charge is 0.000473 e. The fourth-order valence-corrected chi connectivity index (χ4v) is 2.91. The highest BCUT2D eigenvalue weighted by Crippen LogP contribution is 2.12. The molecule has 0 saturated carbocycles. The summed E-state index contributed by atoms with van der Waals surface area (Å²) in [5.74, 6) is 1.07. The van der Waals surface area contributed by atoms with Gasteiger partial charge in [-0.1, -0.05) is 93.2 Å². The molecule has 2 heteroatoms. The van der Waals surface area contributed by atoms with Gasteiger partial charge in [-0.15, -0.1) is 0 Å². The summed E-state index contributed by atoms with van der Waals surface area (Å²) < 4.78 is 1.34. The molecule has 0 saturated heterocycles. The zero-order chi connectivity index (χ0) is 12.6. The molecule has 0 aliphatic heterocycles. The van der Waals surface area contributed by atoms with Crippen LogP contribution in [-0.2, 0) is 0 Å². The summed E-state index contributed by atoms with van der Waals surface area (Å²) in [6.07, 6.45) is 18.7. The number of thiol groups is 1. The minimum absolute atomic E-state index is 1.07. The van der Waals surface area contributed by atoms with Crippen LogP contribution >= 0.6 is 35.2 Å². The van der Waals surface area contributed by atoms with Crippen LogP contribution in [0.1, 0.15) is 83.5 Å². The summed E-state index contributed by atoms with van der Waals surface area (Å²) in [7, 11) is 0. The number of hydrogen-bond acceptors (Lipinski definition) is 1. The molecule has 0 aliphatic rings. The van der Waals surface area contributed by atoms with E-state index in [1.807, 2.05) is 0 Å². The van der Waals surface area contributed by atoms with Gasteiger partial charge in [-0.3, -0.25) is 0 Å². The lowest BCUT2D eigenvalue weighted by Gasteiger charge is -2.02. The molecule has 0 unspecified atom stereocenters. The first-order valence-corrected chi connectivity index (χ1v) is 9.74. The molecule has 0 heterocycles. The van der Waals surface area contributed by atoms with Crippen molar-refractivity contribution >= 4 is 35.2 Å². The minimum Gasteiger partial charge on any atom is -0.179 e. The highest BCUT2D eigenvalue weighted by atomic mass is 127. The van der Waals surface area contributed by atoms with Crippen LogP contribution in [0.15, 0.2) is 0 Å². The fourth-order valence-electron chi connectivity index (χ4n) is 2.15. The molecule has 0 atom stereocenters. The Balaban J connectivity index is 2.85. The van der Waals surface area contributed by atoms with Gasteiger partial charge in [0.05, 0.1) is 0 Å². The summed E-state index contributed by atoms with van der Waals surface area (Å²) in [4.78, 5) is 0. The van der Waals surface area contributed by atoms with Crippen molar-refractivity contribution in [1.29, 1.82) is 0 Å². The van der Waals surface area contributed by atoms with E-state index < -0.39 is 0 Å². The SMILES string of the molecule is SCCCCCCCCCCCCCCCI. The van der Waals surface area contributed by atoms with Gasteiger partial charge in [-0.05, 0) is 23.0 Å². The van der Waals surface area contributed by atoms with Crippen molar-refractivity contribution in [1.82, 2.24) is 0 Å². The Morgan fingerprint density at radius 3 is 1.06 bits per heavy atom. The highest BCUT2D eigenvalue weighted by Gasteiger charge is 1.93. The van der Waals surface area contributed by atoms with Crippen LogP contribution in [0.25, 0.3) is 0 Å². The highest BCUT2D eigenvalue weighted by molar-refractivity contribution is 14.1. The molecule has 0 aliphatic carbocycles. The summed E-state index contributed by atoms with van der Waals surface area (Å²) >= 11 is 6.71. The Morgan fingerprint density at radius 2 is 0.765 bits per heavy atom. The zero-order valence-corrected chi connectivity index (χ0v) is 14.5. The Labute approximate surface area is 128 Å². The van der Waals surface area contributed by atoms with Gasteiger partial charge >= 0.3 is 0 Å². The van der Waals surface area contributed by atoms with Crippen molar-refractivity contribution in [2.45, 2.75) is 83.5 Å². The Morgan fingerprint density at radius 1 is 0.471 bits per heavy atom. The first-order chi connectivity index (χ1) is 8.41. The first kappa shape index (κ1) is 18.1. The van der Waals surface area contributed by atoms with E-state index in [4.69, 9.17) is 0 Å². The monoisotopic (exact) mass is 370 g/mol. The molecule has 0 N–H and O–H groups in total. The van der Waals surface area contributed by atoms with E-state index in [0.717, 1.165) is 5.75 Å². The average molecular weight is 370 g/mol. The Bertz CT molecular complexity index is 114. The lowest BCUT2D eigenvalue weighted by atomic mass is 10.1. The molecule has 0 spiro atoms. The molecule has 17 heavy (non-hydrogen) atoms.